The van der Waals surface area contributed by atoms with Crippen molar-refractivity contribution in [3.63, 3.8) is 0 Å². The Kier molecular flexibility index (Phi) is 2.18. The average Bonchev–Trinajstić information content (AvgIpc) is 2.75. The predicted octanol–water partition coefficient (Wildman–Crippen LogP) is 4.00. The topological polar surface area (TPSA) is 34.1 Å². The quantitative estimate of drug-likeness (QED) is 0.622. The van der Waals surface area contributed by atoms with Crippen LogP contribution in [-0.2, 0) is 9.84 Å². The summed E-state index contributed by atoms with van der Waals surface area (Å²) in [5, 5.41) is 1.91. The van der Waals surface area contributed by atoms with E-state index in [2.05, 4.69) is 15.9 Å². The first-order valence-electron chi connectivity index (χ1n) is 4.57. The van der Waals surface area contributed by atoms with Gasteiger partial charge >= 0.3 is 0 Å². The lowest BCUT2D eigenvalue weighted by Gasteiger charge is -1.98. The van der Waals surface area contributed by atoms with Crippen molar-refractivity contribution in [2.75, 3.05) is 0 Å². The molecule has 0 amide bonds. The first kappa shape index (κ1) is 11.0. The molecule has 2 nitrogen and oxygen atoms in total. The lowest BCUT2D eigenvalue weighted by molar-refractivity contribution is 0.598. The third kappa shape index (κ3) is 1.13. The molecule has 0 aliphatic carbocycles. The van der Waals surface area contributed by atoms with Crippen molar-refractivity contribution < 1.29 is 8.42 Å². The van der Waals surface area contributed by atoms with Crippen molar-refractivity contribution in [2.24, 2.45) is 0 Å². The molecule has 0 N–H and O–H groups in total. The van der Waals surface area contributed by atoms with E-state index in [-0.39, 0.29) is 0 Å². The molecule has 0 bridgehead atoms. The van der Waals surface area contributed by atoms with E-state index in [1.807, 2.05) is 19.2 Å². The summed E-state index contributed by atoms with van der Waals surface area (Å²) in [4.78, 5) is 2.84. The van der Waals surface area contributed by atoms with Gasteiger partial charge in [-0.3, -0.25) is 0 Å². The van der Waals surface area contributed by atoms with E-state index < -0.39 is 9.84 Å². The van der Waals surface area contributed by atoms with Gasteiger partial charge in [0.1, 0.15) is 0 Å². The van der Waals surface area contributed by atoms with Gasteiger partial charge in [0.05, 0.1) is 23.3 Å². The van der Waals surface area contributed by atoms with Crippen LogP contribution in [0.25, 0.3) is 9.75 Å². The SMILES string of the molecule is Cc1csc2c1S(=O)(=O)c1c-2sc(Br)c1C. The van der Waals surface area contributed by atoms with Crippen LogP contribution >= 0.6 is 38.6 Å². The minimum Gasteiger partial charge on any atom is -0.218 e. The van der Waals surface area contributed by atoms with Crippen LogP contribution < -0.4 is 0 Å². The highest BCUT2D eigenvalue weighted by molar-refractivity contribution is 9.11. The number of halogens is 1. The summed E-state index contributed by atoms with van der Waals surface area (Å²) >= 11 is 6.44. The molecule has 0 aromatic carbocycles. The van der Waals surface area contributed by atoms with Gasteiger partial charge in [-0.05, 0) is 46.3 Å². The van der Waals surface area contributed by atoms with Crippen LogP contribution in [0.4, 0.5) is 0 Å². The zero-order chi connectivity index (χ0) is 11.7. The van der Waals surface area contributed by atoms with Crippen molar-refractivity contribution in [1.82, 2.24) is 0 Å². The highest BCUT2D eigenvalue weighted by Crippen LogP contribution is 2.54. The first-order chi connectivity index (χ1) is 7.44. The van der Waals surface area contributed by atoms with Gasteiger partial charge in [0, 0.05) is 0 Å². The van der Waals surface area contributed by atoms with Crippen molar-refractivity contribution in [3.8, 4) is 9.75 Å². The highest BCUT2D eigenvalue weighted by atomic mass is 79.9. The number of hydrogen-bond donors (Lipinski definition) is 0. The first-order valence-corrected chi connectivity index (χ1v) is 8.54. The maximum Gasteiger partial charge on any atom is 0.210 e. The molecule has 0 radical (unpaired) electrons. The van der Waals surface area contributed by atoms with Crippen LogP contribution in [0.3, 0.4) is 0 Å². The molecule has 0 atom stereocenters. The van der Waals surface area contributed by atoms with Gasteiger partial charge in [-0.2, -0.15) is 0 Å². The van der Waals surface area contributed by atoms with E-state index in [4.69, 9.17) is 0 Å². The lowest BCUT2D eigenvalue weighted by Crippen LogP contribution is -1.98. The maximum atomic E-state index is 12.4. The van der Waals surface area contributed by atoms with Crippen LogP contribution in [0.5, 0.6) is 0 Å². The summed E-state index contributed by atoms with van der Waals surface area (Å²) < 4.78 is 25.7. The molecule has 16 heavy (non-hydrogen) atoms. The van der Waals surface area contributed by atoms with Crippen LogP contribution in [-0.4, -0.2) is 8.42 Å². The molecule has 3 heterocycles. The zero-order valence-electron chi connectivity index (χ0n) is 8.50. The highest BCUT2D eigenvalue weighted by Gasteiger charge is 2.39. The van der Waals surface area contributed by atoms with Gasteiger partial charge in [0.15, 0.2) is 0 Å². The molecular weight excluding hydrogens is 328 g/mol. The molecule has 84 valence electrons. The van der Waals surface area contributed by atoms with E-state index in [9.17, 15) is 8.42 Å². The molecule has 2 aromatic rings. The zero-order valence-corrected chi connectivity index (χ0v) is 12.5. The Morgan fingerprint density at radius 3 is 2.56 bits per heavy atom. The van der Waals surface area contributed by atoms with Gasteiger partial charge < -0.3 is 0 Å². The van der Waals surface area contributed by atoms with Crippen LogP contribution in [0.15, 0.2) is 19.0 Å². The molecule has 0 saturated heterocycles. The summed E-state index contributed by atoms with van der Waals surface area (Å²) in [5.41, 5.74) is 1.70. The molecule has 3 rings (SSSR count). The second-order valence-corrected chi connectivity index (χ2v) is 8.78. The van der Waals surface area contributed by atoms with Gasteiger partial charge in [-0.1, -0.05) is 0 Å². The number of hydrogen-bond acceptors (Lipinski definition) is 4. The van der Waals surface area contributed by atoms with E-state index in [1.54, 1.807) is 0 Å². The van der Waals surface area contributed by atoms with Crippen molar-refractivity contribution in [1.29, 1.82) is 0 Å². The van der Waals surface area contributed by atoms with Crippen molar-refractivity contribution >= 4 is 48.4 Å². The Bertz CT molecular complexity index is 707. The second-order valence-electron chi connectivity index (χ2n) is 3.74. The number of sulfone groups is 1. The molecule has 1 aliphatic rings. The standard InChI is InChI=1S/C10H7BrO2S3/c1-4-3-14-6-7-9(5(2)10(11)15-7)16(12,13)8(4)6/h3H,1-2H3. The Morgan fingerprint density at radius 2 is 1.88 bits per heavy atom. The van der Waals surface area contributed by atoms with Gasteiger partial charge in [-0.25, -0.2) is 8.42 Å². The predicted molar refractivity (Wildman–Crippen MR) is 70.3 cm³/mol. The Morgan fingerprint density at radius 1 is 1.19 bits per heavy atom. The normalized spacial score (nSPS) is 16.2. The minimum absolute atomic E-state index is 0.509. The summed E-state index contributed by atoms with van der Waals surface area (Å²) in [6.45, 7) is 3.71. The number of thiophene rings is 2. The van der Waals surface area contributed by atoms with Crippen molar-refractivity contribution in [3.05, 3.63) is 20.3 Å². The fourth-order valence-electron chi connectivity index (χ4n) is 1.97. The number of fused-ring (bicyclic) bond motifs is 3. The minimum atomic E-state index is -3.27. The third-order valence-electron chi connectivity index (χ3n) is 2.69. The maximum absolute atomic E-state index is 12.4. The molecule has 0 unspecified atom stereocenters. The monoisotopic (exact) mass is 334 g/mol. The molecule has 0 spiro atoms. The molecule has 0 fully saturated rings. The fourth-order valence-corrected chi connectivity index (χ4v) is 7.90. The Hall–Kier alpha value is -0.170. The van der Waals surface area contributed by atoms with Crippen molar-refractivity contribution in [2.45, 2.75) is 23.6 Å². The summed E-state index contributed by atoms with van der Waals surface area (Å²) in [5.74, 6) is 0. The fraction of sp³-hybridized carbons (Fsp3) is 0.200. The molecule has 1 aliphatic heterocycles. The summed E-state index contributed by atoms with van der Waals surface area (Å²) in [7, 11) is -3.27. The van der Waals surface area contributed by atoms with Gasteiger partial charge in [-0.15, -0.1) is 22.7 Å². The van der Waals surface area contributed by atoms with Crippen LogP contribution in [0.2, 0.25) is 0 Å². The average molecular weight is 335 g/mol. The molecule has 2 aromatic heterocycles. The third-order valence-corrected chi connectivity index (χ3v) is 8.49. The molecule has 6 heteroatoms. The van der Waals surface area contributed by atoms with E-state index in [1.165, 1.54) is 22.7 Å². The Balaban J connectivity index is 2.54. The Labute approximate surface area is 110 Å². The summed E-state index contributed by atoms with van der Waals surface area (Å²) in [6.07, 6.45) is 0. The van der Waals surface area contributed by atoms with Gasteiger partial charge in [0.2, 0.25) is 9.84 Å². The second kappa shape index (κ2) is 3.19. The lowest BCUT2D eigenvalue weighted by atomic mass is 10.3. The molecular formula is C10H7BrO2S3. The van der Waals surface area contributed by atoms with Crippen LogP contribution in [0, 0.1) is 13.8 Å². The van der Waals surface area contributed by atoms with E-state index in [0.29, 0.717) is 9.79 Å². The molecule has 0 saturated carbocycles. The smallest absolute Gasteiger partial charge is 0.210 e. The number of aryl methyl sites for hydroxylation is 1. The number of rotatable bonds is 0. The summed E-state index contributed by atoms with van der Waals surface area (Å²) in [6, 6.07) is 0. The largest absolute Gasteiger partial charge is 0.218 e. The van der Waals surface area contributed by atoms with Gasteiger partial charge in [0.25, 0.3) is 0 Å². The van der Waals surface area contributed by atoms with Crippen LogP contribution in [0.1, 0.15) is 11.1 Å². The van der Waals surface area contributed by atoms with E-state index >= 15 is 0 Å². The van der Waals surface area contributed by atoms with E-state index in [0.717, 1.165) is 24.7 Å².